The number of hydrogen-bond acceptors (Lipinski definition) is 5. The summed E-state index contributed by atoms with van der Waals surface area (Å²) in [7, 11) is 0. The lowest BCUT2D eigenvalue weighted by Crippen LogP contribution is -2.19. The molecule has 0 amide bonds. The number of benzene rings is 1. The van der Waals surface area contributed by atoms with Crippen molar-refractivity contribution in [1.82, 2.24) is 0 Å². The molecule has 1 rings (SSSR count). The van der Waals surface area contributed by atoms with E-state index < -0.39 is 12.2 Å². The van der Waals surface area contributed by atoms with E-state index in [1.54, 1.807) is 18.2 Å². The topological polar surface area (TPSA) is 58.9 Å². The summed E-state index contributed by atoms with van der Waals surface area (Å²) in [5, 5.41) is 19.5. The minimum absolute atomic E-state index is 0.193. The second-order valence-electron chi connectivity index (χ2n) is 3.77. The van der Waals surface area contributed by atoms with E-state index in [0.29, 0.717) is 30.3 Å². The first-order valence-electron chi connectivity index (χ1n) is 6.00. The fraction of sp³-hybridized carbons (Fsp3) is 0.538. The van der Waals surface area contributed by atoms with Crippen LogP contribution < -0.4 is 9.47 Å². The van der Waals surface area contributed by atoms with E-state index >= 15 is 0 Å². The molecule has 0 bridgehead atoms. The zero-order valence-corrected chi connectivity index (χ0v) is 11.6. The van der Waals surface area contributed by atoms with Crippen molar-refractivity contribution in [3.05, 3.63) is 23.8 Å². The molecule has 2 N–H and O–H groups in total. The summed E-state index contributed by atoms with van der Waals surface area (Å²) in [5.41, 5.74) is 0.587. The molecule has 18 heavy (non-hydrogen) atoms. The molecule has 102 valence electrons. The first kappa shape index (κ1) is 15.1. The van der Waals surface area contributed by atoms with Crippen molar-refractivity contribution in [2.24, 2.45) is 0 Å². The van der Waals surface area contributed by atoms with E-state index in [1.807, 2.05) is 13.8 Å². The van der Waals surface area contributed by atoms with Crippen molar-refractivity contribution in [3.63, 3.8) is 0 Å². The molecule has 1 aromatic rings. The lowest BCUT2D eigenvalue weighted by molar-refractivity contribution is 0.0336. The van der Waals surface area contributed by atoms with Gasteiger partial charge in [-0.05, 0) is 31.5 Å². The van der Waals surface area contributed by atoms with E-state index in [2.05, 4.69) is 12.6 Å². The summed E-state index contributed by atoms with van der Waals surface area (Å²) in [5.74, 6) is 1.40. The first-order valence-corrected chi connectivity index (χ1v) is 6.63. The van der Waals surface area contributed by atoms with Crippen LogP contribution in [0.3, 0.4) is 0 Å². The highest BCUT2D eigenvalue weighted by Gasteiger charge is 2.18. The molecular weight excluding hydrogens is 252 g/mol. The van der Waals surface area contributed by atoms with Crippen molar-refractivity contribution in [2.45, 2.75) is 26.1 Å². The second-order valence-corrected chi connectivity index (χ2v) is 4.13. The fourth-order valence-corrected chi connectivity index (χ4v) is 1.77. The normalized spacial score (nSPS) is 14.1. The van der Waals surface area contributed by atoms with Crippen molar-refractivity contribution in [2.75, 3.05) is 19.0 Å². The predicted octanol–water partition coefficient (Wildman–Crippen LogP) is 1.81. The smallest absolute Gasteiger partial charge is 0.161 e. The Hall–Kier alpha value is -0.910. The monoisotopic (exact) mass is 272 g/mol. The van der Waals surface area contributed by atoms with Crippen LogP contribution in [0, 0.1) is 0 Å². The Morgan fingerprint density at radius 1 is 1.11 bits per heavy atom. The maximum absolute atomic E-state index is 9.91. The number of aliphatic hydroxyl groups excluding tert-OH is 2. The molecule has 5 heteroatoms. The third-order valence-electron chi connectivity index (χ3n) is 2.46. The second kappa shape index (κ2) is 7.51. The predicted molar refractivity (Wildman–Crippen MR) is 73.6 cm³/mol. The molecule has 0 saturated carbocycles. The average molecular weight is 272 g/mol. The van der Waals surface area contributed by atoms with E-state index in [0.717, 1.165) is 0 Å². The lowest BCUT2D eigenvalue weighted by Gasteiger charge is -2.18. The summed E-state index contributed by atoms with van der Waals surface area (Å²) < 4.78 is 10.9. The number of ether oxygens (including phenoxy) is 2. The number of aliphatic hydroxyl groups is 2. The zero-order valence-electron chi connectivity index (χ0n) is 10.7. The Labute approximate surface area is 113 Å². The van der Waals surface area contributed by atoms with Gasteiger partial charge in [-0.15, -0.1) is 0 Å². The molecule has 0 fully saturated rings. The summed E-state index contributed by atoms with van der Waals surface area (Å²) >= 11 is 3.96. The molecule has 4 nitrogen and oxygen atoms in total. The van der Waals surface area contributed by atoms with Gasteiger partial charge in [-0.3, -0.25) is 0 Å². The minimum atomic E-state index is -0.975. The van der Waals surface area contributed by atoms with Crippen LogP contribution in [0.2, 0.25) is 0 Å². The minimum Gasteiger partial charge on any atom is -0.490 e. The van der Waals surface area contributed by atoms with Crippen molar-refractivity contribution >= 4 is 12.6 Å². The van der Waals surface area contributed by atoms with Gasteiger partial charge in [0, 0.05) is 5.75 Å². The van der Waals surface area contributed by atoms with Gasteiger partial charge in [0.1, 0.15) is 6.10 Å². The molecule has 1 aromatic carbocycles. The molecule has 0 aliphatic rings. The standard InChI is InChI=1S/C13H20O4S/c1-3-16-11-6-5-9(7-12(11)17-4-2)13(15)10(14)8-18/h5-7,10,13-15,18H,3-4,8H2,1-2H3. The van der Waals surface area contributed by atoms with E-state index in [9.17, 15) is 10.2 Å². The largest absolute Gasteiger partial charge is 0.490 e. The Morgan fingerprint density at radius 2 is 1.72 bits per heavy atom. The Morgan fingerprint density at radius 3 is 2.28 bits per heavy atom. The number of thiol groups is 1. The van der Waals surface area contributed by atoms with Gasteiger partial charge in [-0.2, -0.15) is 12.6 Å². The Bertz CT molecular complexity index is 370. The summed E-state index contributed by atoms with van der Waals surface area (Å²) in [6.45, 7) is 4.82. The maximum atomic E-state index is 9.91. The molecule has 0 aliphatic carbocycles. The molecule has 0 heterocycles. The van der Waals surface area contributed by atoms with Gasteiger partial charge in [-0.25, -0.2) is 0 Å². The van der Waals surface area contributed by atoms with Crippen molar-refractivity contribution in [1.29, 1.82) is 0 Å². The van der Waals surface area contributed by atoms with Crippen LogP contribution >= 0.6 is 12.6 Å². The van der Waals surface area contributed by atoms with Crippen LogP contribution in [0.1, 0.15) is 25.5 Å². The third-order valence-corrected chi connectivity index (χ3v) is 2.83. The van der Waals surface area contributed by atoms with Crippen LogP contribution in [0.25, 0.3) is 0 Å². The highest BCUT2D eigenvalue weighted by atomic mass is 32.1. The van der Waals surface area contributed by atoms with Crippen LogP contribution in [0.5, 0.6) is 11.5 Å². The van der Waals surface area contributed by atoms with Crippen molar-refractivity contribution in [3.8, 4) is 11.5 Å². The molecule has 0 aliphatic heterocycles. The molecule has 2 unspecified atom stereocenters. The zero-order chi connectivity index (χ0) is 13.5. The highest BCUT2D eigenvalue weighted by Crippen LogP contribution is 2.31. The van der Waals surface area contributed by atoms with Gasteiger partial charge >= 0.3 is 0 Å². The highest BCUT2D eigenvalue weighted by molar-refractivity contribution is 7.80. The number of rotatable bonds is 7. The summed E-state index contributed by atoms with van der Waals surface area (Å²) in [4.78, 5) is 0. The molecule has 0 saturated heterocycles. The van der Waals surface area contributed by atoms with Crippen LogP contribution in [-0.2, 0) is 0 Å². The first-order chi connectivity index (χ1) is 8.63. The van der Waals surface area contributed by atoms with Crippen LogP contribution in [0.4, 0.5) is 0 Å². The van der Waals surface area contributed by atoms with E-state index in [1.165, 1.54) is 0 Å². The van der Waals surface area contributed by atoms with Gasteiger partial charge in [0.25, 0.3) is 0 Å². The van der Waals surface area contributed by atoms with Gasteiger partial charge in [0.2, 0.25) is 0 Å². The third kappa shape index (κ3) is 3.80. The number of hydrogen-bond donors (Lipinski definition) is 3. The van der Waals surface area contributed by atoms with Crippen LogP contribution in [0.15, 0.2) is 18.2 Å². The molecule has 0 radical (unpaired) electrons. The molecule has 2 atom stereocenters. The SMILES string of the molecule is CCOc1ccc(C(O)C(O)CS)cc1OCC. The molecular formula is C13H20O4S. The quantitative estimate of drug-likeness (QED) is 0.663. The summed E-state index contributed by atoms with van der Waals surface area (Å²) in [6, 6.07) is 5.13. The molecule has 0 aromatic heterocycles. The Balaban J connectivity index is 2.98. The lowest BCUT2D eigenvalue weighted by atomic mass is 10.0. The Kier molecular flexibility index (Phi) is 6.32. The maximum Gasteiger partial charge on any atom is 0.161 e. The van der Waals surface area contributed by atoms with Gasteiger partial charge in [-0.1, -0.05) is 6.07 Å². The average Bonchev–Trinajstić information content (AvgIpc) is 2.39. The van der Waals surface area contributed by atoms with E-state index in [4.69, 9.17) is 9.47 Å². The molecule has 0 spiro atoms. The van der Waals surface area contributed by atoms with Crippen LogP contribution in [-0.4, -0.2) is 35.3 Å². The fourth-order valence-electron chi connectivity index (χ4n) is 1.57. The van der Waals surface area contributed by atoms with Crippen molar-refractivity contribution < 1.29 is 19.7 Å². The summed E-state index contributed by atoms with van der Waals surface area (Å²) in [6.07, 6.45) is -1.88. The van der Waals surface area contributed by atoms with Gasteiger partial charge in [0.05, 0.1) is 19.3 Å². The van der Waals surface area contributed by atoms with E-state index in [-0.39, 0.29) is 5.75 Å². The van der Waals surface area contributed by atoms with Gasteiger partial charge in [0.15, 0.2) is 11.5 Å². The van der Waals surface area contributed by atoms with Gasteiger partial charge < -0.3 is 19.7 Å².